The number of ether oxygens (including phenoxy) is 1. The number of hydrogen-bond acceptors (Lipinski definition) is 1. The van der Waals surface area contributed by atoms with Gasteiger partial charge in [0.25, 0.3) is 0 Å². The molecule has 1 fully saturated rings. The standard InChI is InChI=1S/C13H25ClO/c1-13(2,3)12(14)9-5-4-7-11-8-6-10-15-11/h11-12H,4-10H2,1-3H3. The summed E-state index contributed by atoms with van der Waals surface area (Å²) in [4.78, 5) is 0. The Bertz CT molecular complexity index is 168. The number of hydrogen-bond donors (Lipinski definition) is 0. The molecule has 15 heavy (non-hydrogen) atoms. The van der Waals surface area contributed by atoms with Gasteiger partial charge in [-0.3, -0.25) is 0 Å². The molecule has 2 unspecified atom stereocenters. The Balaban J connectivity index is 2.01. The van der Waals surface area contributed by atoms with Crippen molar-refractivity contribution in [1.82, 2.24) is 0 Å². The minimum absolute atomic E-state index is 0.241. The van der Waals surface area contributed by atoms with Crippen molar-refractivity contribution in [3.8, 4) is 0 Å². The highest BCUT2D eigenvalue weighted by atomic mass is 35.5. The lowest BCUT2D eigenvalue weighted by atomic mass is 9.88. The number of alkyl halides is 1. The Labute approximate surface area is 99.5 Å². The number of unbranched alkanes of at least 4 members (excludes halogenated alkanes) is 1. The predicted octanol–water partition coefficient (Wildman–Crippen LogP) is 4.38. The summed E-state index contributed by atoms with van der Waals surface area (Å²) < 4.78 is 5.59. The van der Waals surface area contributed by atoms with E-state index < -0.39 is 0 Å². The molecule has 0 bridgehead atoms. The first-order chi connectivity index (χ1) is 7.00. The summed E-state index contributed by atoms with van der Waals surface area (Å²) in [6.45, 7) is 7.62. The summed E-state index contributed by atoms with van der Waals surface area (Å²) in [5, 5.41) is 0.307. The second kappa shape index (κ2) is 6.10. The van der Waals surface area contributed by atoms with E-state index in [9.17, 15) is 0 Å². The van der Waals surface area contributed by atoms with E-state index in [0.717, 1.165) is 13.0 Å². The first-order valence-corrected chi connectivity index (χ1v) is 6.69. The third-order valence-corrected chi connectivity index (χ3v) is 4.07. The largest absolute Gasteiger partial charge is 0.378 e. The molecular weight excluding hydrogens is 208 g/mol. The van der Waals surface area contributed by atoms with Crippen molar-refractivity contribution in [1.29, 1.82) is 0 Å². The zero-order chi connectivity index (χ0) is 11.3. The Morgan fingerprint density at radius 3 is 2.60 bits per heavy atom. The van der Waals surface area contributed by atoms with Crippen LogP contribution in [0.3, 0.4) is 0 Å². The van der Waals surface area contributed by atoms with Crippen LogP contribution in [0.15, 0.2) is 0 Å². The van der Waals surface area contributed by atoms with Crippen molar-refractivity contribution in [2.24, 2.45) is 5.41 Å². The summed E-state index contributed by atoms with van der Waals surface area (Å²) in [7, 11) is 0. The molecule has 1 aliphatic heterocycles. The molecule has 0 saturated carbocycles. The minimum atomic E-state index is 0.241. The van der Waals surface area contributed by atoms with Crippen LogP contribution >= 0.6 is 11.6 Å². The van der Waals surface area contributed by atoms with E-state index in [1.165, 1.54) is 32.1 Å². The molecule has 1 rings (SSSR count). The lowest BCUT2D eigenvalue weighted by Crippen LogP contribution is -2.20. The van der Waals surface area contributed by atoms with Gasteiger partial charge in [-0.15, -0.1) is 11.6 Å². The molecule has 1 nitrogen and oxygen atoms in total. The van der Waals surface area contributed by atoms with E-state index >= 15 is 0 Å². The lowest BCUT2D eigenvalue weighted by Gasteiger charge is -2.25. The van der Waals surface area contributed by atoms with Gasteiger partial charge in [0.15, 0.2) is 0 Å². The first kappa shape index (κ1) is 13.3. The van der Waals surface area contributed by atoms with E-state index in [1.807, 2.05) is 0 Å². The van der Waals surface area contributed by atoms with E-state index in [2.05, 4.69) is 20.8 Å². The van der Waals surface area contributed by atoms with Crippen LogP contribution in [0.4, 0.5) is 0 Å². The van der Waals surface area contributed by atoms with E-state index in [0.29, 0.717) is 11.5 Å². The fourth-order valence-corrected chi connectivity index (χ4v) is 2.15. The molecule has 1 saturated heterocycles. The second-order valence-corrected chi connectivity index (χ2v) is 6.28. The molecule has 0 aromatic heterocycles. The molecule has 0 aromatic carbocycles. The van der Waals surface area contributed by atoms with Crippen LogP contribution in [-0.2, 0) is 4.74 Å². The van der Waals surface area contributed by atoms with Crippen molar-refractivity contribution in [2.75, 3.05) is 6.61 Å². The highest BCUT2D eigenvalue weighted by Gasteiger charge is 2.21. The van der Waals surface area contributed by atoms with Crippen molar-refractivity contribution in [2.45, 2.75) is 70.8 Å². The fourth-order valence-electron chi connectivity index (χ4n) is 2.00. The van der Waals surface area contributed by atoms with Crippen molar-refractivity contribution in [3.05, 3.63) is 0 Å². The van der Waals surface area contributed by atoms with Crippen LogP contribution < -0.4 is 0 Å². The third-order valence-electron chi connectivity index (χ3n) is 3.20. The van der Waals surface area contributed by atoms with E-state index in [4.69, 9.17) is 16.3 Å². The maximum Gasteiger partial charge on any atom is 0.0576 e. The Kier molecular flexibility index (Phi) is 5.42. The summed E-state index contributed by atoms with van der Waals surface area (Å²) in [5.41, 5.74) is 0.241. The van der Waals surface area contributed by atoms with Gasteiger partial charge in [-0.05, 0) is 31.1 Å². The van der Waals surface area contributed by atoms with Crippen molar-refractivity contribution >= 4 is 11.6 Å². The van der Waals surface area contributed by atoms with Crippen LogP contribution in [-0.4, -0.2) is 18.1 Å². The Morgan fingerprint density at radius 2 is 2.07 bits per heavy atom. The molecule has 1 aliphatic rings. The summed E-state index contributed by atoms with van der Waals surface area (Å²) in [6.07, 6.45) is 7.95. The topological polar surface area (TPSA) is 9.23 Å². The normalized spacial score (nSPS) is 24.4. The maximum absolute atomic E-state index is 6.32. The van der Waals surface area contributed by atoms with Gasteiger partial charge in [-0.2, -0.15) is 0 Å². The molecule has 90 valence electrons. The smallest absolute Gasteiger partial charge is 0.0576 e. The van der Waals surface area contributed by atoms with Crippen LogP contribution in [0, 0.1) is 5.41 Å². The fraction of sp³-hybridized carbons (Fsp3) is 1.00. The highest BCUT2D eigenvalue weighted by molar-refractivity contribution is 6.21. The Hall–Kier alpha value is 0.250. The highest BCUT2D eigenvalue weighted by Crippen LogP contribution is 2.29. The van der Waals surface area contributed by atoms with Crippen molar-refractivity contribution < 1.29 is 4.74 Å². The average molecular weight is 233 g/mol. The third kappa shape index (κ3) is 5.21. The predicted molar refractivity (Wildman–Crippen MR) is 66.5 cm³/mol. The van der Waals surface area contributed by atoms with Crippen LogP contribution in [0.25, 0.3) is 0 Å². The van der Waals surface area contributed by atoms with Gasteiger partial charge in [0.2, 0.25) is 0 Å². The van der Waals surface area contributed by atoms with Gasteiger partial charge in [0.1, 0.15) is 0 Å². The summed E-state index contributed by atoms with van der Waals surface area (Å²) >= 11 is 6.32. The van der Waals surface area contributed by atoms with Gasteiger partial charge < -0.3 is 4.74 Å². The zero-order valence-corrected chi connectivity index (χ0v) is 11.1. The molecule has 0 radical (unpaired) electrons. The minimum Gasteiger partial charge on any atom is -0.378 e. The van der Waals surface area contributed by atoms with Crippen LogP contribution in [0.1, 0.15) is 59.3 Å². The molecule has 0 aliphatic carbocycles. The first-order valence-electron chi connectivity index (χ1n) is 6.26. The summed E-state index contributed by atoms with van der Waals surface area (Å²) in [6, 6.07) is 0. The molecule has 0 amide bonds. The summed E-state index contributed by atoms with van der Waals surface area (Å²) in [5.74, 6) is 0. The zero-order valence-electron chi connectivity index (χ0n) is 10.4. The molecule has 1 heterocycles. The molecule has 2 heteroatoms. The van der Waals surface area contributed by atoms with Gasteiger partial charge in [-0.25, -0.2) is 0 Å². The quantitative estimate of drug-likeness (QED) is 0.505. The molecule has 0 spiro atoms. The van der Waals surface area contributed by atoms with E-state index in [-0.39, 0.29) is 5.41 Å². The lowest BCUT2D eigenvalue weighted by molar-refractivity contribution is 0.102. The number of rotatable bonds is 5. The molecule has 0 aromatic rings. The van der Waals surface area contributed by atoms with Crippen molar-refractivity contribution in [3.63, 3.8) is 0 Å². The molecule has 0 N–H and O–H groups in total. The monoisotopic (exact) mass is 232 g/mol. The maximum atomic E-state index is 6.32. The van der Waals surface area contributed by atoms with Crippen LogP contribution in [0.2, 0.25) is 0 Å². The Morgan fingerprint density at radius 1 is 1.33 bits per heavy atom. The van der Waals surface area contributed by atoms with Gasteiger partial charge in [0, 0.05) is 12.0 Å². The van der Waals surface area contributed by atoms with Gasteiger partial charge in [-0.1, -0.05) is 33.6 Å². The molecule has 2 atom stereocenters. The number of halogens is 1. The SMILES string of the molecule is CC(C)(C)C(Cl)CCCCC1CCCO1. The molecular formula is C13H25ClO. The van der Waals surface area contributed by atoms with Gasteiger partial charge in [0.05, 0.1) is 6.10 Å². The van der Waals surface area contributed by atoms with Crippen LogP contribution in [0.5, 0.6) is 0 Å². The van der Waals surface area contributed by atoms with E-state index in [1.54, 1.807) is 0 Å². The average Bonchev–Trinajstić information content (AvgIpc) is 2.63. The van der Waals surface area contributed by atoms with Gasteiger partial charge >= 0.3 is 0 Å². The second-order valence-electron chi connectivity index (χ2n) is 5.75.